The lowest BCUT2D eigenvalue weighted by molar-refractivity contribution is -0.145. The van der Waals surface area contributed by atoms with Crippen LogP contribution in [0.1, 0.15) is 19.4 Å². The number of hydrogen-bond donors (Lipinski definition) is 3. The van der Waals surface area contributed by atoms with Gasteiger partial charge in [0.1, 0.15) is 5.54 Å². The zero-order valence-corrected chi connectivity index (χ0v) is 9.81. The van der Waals surface area contributed by atoms with E-state index in [-0.39, 0.29) is 0 Å². The number of carboxylic acids is 1. The summed E-state index contributed by atoms with van der Waals surface area (Å²) in [4.78, 5) is 22.4. The molecule has 1 amide bonds. The molecule has 1 aromatic rings. The van der Waals surface area contributed by atoms with Gasteiger partial charge in [-0.05, 0) is 19.4 Å². The second kappa shape index (κ2) is 4.97. The maximum absolute atomic E-state index is 11.4. The van der Waals surface area contributed by atoms with Gasteiger partial charge in [0.2, 0.25) is 5.91 Å². The zero-order chi connectivity index (χ0) is 13.1. The van der Waals surface area contributed by atoms with Gasteiger partial charge in [0.15, 0.2) is 0 Å². The fourth-order valence-electron chi connectivity index (χ4n) is 1.54. The summed E-state index contributed by atoms with van der Waals surface area (Å²) >= 11 is 0. The maximum Gasteiger partial charge on any atom is 0.328 e. The molecule has 2 atom stereocenters. The van der Waals surface area contributed by atoms with E-state index >= 15 is 0 Å². The Morgan fingerprint density at radius 1 is 1.35 bits per heavy atom. The van der Waals surface area contributed by atoms with Crippen molar-refractivity contribution < 1.29 is 14.7 Å². The summed E-state index contributed by atoms with van der Waals surface area (Å²) in [5.74, 6) is -1.65. The summed E-state index contributed by atoms with van der Waals surface area (Å²) in [5.41, 5.74) is 4.36. The number of primary amides is 1. The van der Waals surface area contributed by atoms with Crippen LogP contribution in [-0.2, 0) is 15.1 Å². The Kier molecular flexibility index (Phi) is 3.85. The van der Waals surface area contributed by atoms with Gasteiger partial charge in [-0.2, -0.15) is 0 Å². The monoisotopic (exact) mass is 236 g/mol. The summed E-state index contributed by atoms with van der Waals surface area (Å²) < 4.78 is 0. The van der Waals surface area contributed by atoms with Crippen LogP contribution in [0.25, 0.3) is 0 Å². The van der Waals surface area contributed by atoms with Crippen LogP contribution < -0.4 is 11.1 Å². The van der Waals surface area contributed by atoms with Crippen molar-refractivity contribution in [3.05, 3.63) is 35.9 Å². The van der Waals surface area contributed by atoms with Crippen LogP contribution in [0.4, 0.5) is 0 Å². The molecule has 0 bridgehead atoms. The van der Waals surface area contributed by atoms with E-state index in [2.05, 4.69) is 5.32 Å². The van der Waals surface area contributed by atoms with E-state index in [1.807, 2.05) is 0 Å². The van der Waals surface area contributed by atoms with Crippen molar-refractivity contribution in [2.24, 2.45) is 5.73 Å². The zero-order valence-electron chi connectivity index (χ0n) is 9.81. The highest BCUT2D eigenvalue weighted by molar-refractivity contribution is 5.84. The number of carboxylic acid groups (broad SMARTS) is 1. The molecular formula is C12H16N2O3. The number of benzene rings is 1. The molecule has 4 N–H and O–H groups in total. The third-order valence-electron chi connectivity index (χ3n) is 2.71. The molecule has 1 rings (SSSR count). The third kappa shape index (κ3) is 2.82. The lowest BCUT2D eigenvalue weighted by atomic mass is 9.91. The highest BCUT2D eigenvalue weighted by atomic mass is 16.4. The second-order valence-corrected chi connectivity index (χ2v) is 4.06. The second-order valence-electron chi connectivity index (χ2n) is 4.06. The van der Waals surface area contributed by atoms with E-state index in [0.717, 1.165) is 0 Å². The first-order valence-electron chi connectivity index (χ1n) is 5.24. The summed E-state index contributed by atoms with van der Waals surface area (Å²) in [6, 6.07) is 7.93. The first-order valence-corrected chi connectivity index (χ1v) is 5.24. The van der Waals surface area contributed by atoms with Crippen LogP contribution in [0.15, 0.2) is 30.3 Å². The Labute approximate surface area is 99.6 Å². The van der Waals surface area contributed by atoms with Gasteiger partial charge >= 0.3 is 5.97 Å². The summed E-state index contributed by atoms with van der Waals surface area (Å²) in [5, 5.41) is 12.0. The molecule has 5 nitrogen and oxygen atoms in total. The van der Waals surface area contributed by atoms with Crippen molar-refractivity contribution in [2.45, 2.75) is 25.4 Å². The number of aliphatic carboxylic acids is 1. The van der Waals surface area contributed by atoms with Gasteiger partial charge < -0.3 is 10.8 Å². The molecule has 0 radical (unpaired) electrons. The van der Waals surface area contributed by atoms with Crippen molar-refractivity contribution in [2.75, 3.05) is 0 Å². The van der Waals surface area contributed by atoms with Crippen LogP contribution in [0.3, 0.4) is 0 Å². The highest BCUT2D eigenvalue weighted by Crippen LogP contribution is 2.21. The van der Waals surface area contributed by atoms with Crippen LogP contribution in [0.2, 0.25) is 0 Å². The molecule has 0 spiro atoms. The number of rotatable bonds is 5. The van der Waals surface area contributed by atoms with Gasteiger partial charge in [0.05, 0.1) is 6.04 Å². The summed E-state index contributed by atoms with van der Waals surface area (Å²) in [6.45, 7) is 3.04. The average molecular weight is 236 g/mol. The van der Waals surface area contributed by atoms with E-state index in [1.165, 1.54) is 13.8 Å². The van der Waals surface area contributed by atoms with E-state index < -0.39 is 23.5 Å². The van der Waals surface area contributed by atoms with Crippen molar-refractivity contribution in [1.29, 1.82) is 0 Å². The van der Waals surface area contributed by atoms with Gasteiger partial charge in [-0.3, -0.25) is 10.1 Å². The minimum atomic E-state index is -1.34. The molecule has 0 saturated heterocycles. The largest absolute Gasteiger partial charge is 0.480 e. The number of amides is 1. The molecule has 1 aromatic carbocycles. The molecule has 17 heavy (non-hydrogen) atoms. The van der Waals surface area contributed by atoms with E-state index in [1.54, 1.807) is 30.3 Å². The lowest BCUT2D eigenvalue weighted by Crippen LogP contribution is -2.54. The fraction of sp³-hybridized carbons (Fsp3) is 0.333. The van der Waals surface area contributed by atoms with Crippen LogP contribution in [-0.4, -0.2) is 23.0 Å². The molecule has 5 heteroatoms. The maximum atomic E-state index is 11.4. The Hall–Kier alpha value is -1.88. The SMILES string of the molecule is CC(NC(C)(C(=O)O)c1ccccc1)C(N)=O. The molecule has 92 valence electrons. The van der Waals surface area contributed by atoms with Crippen molar-refractivity contribution in [3.63, 3.8) is 0 Å². The van der Waals surface area contributed by atoms with E-state index in [9.17, 15) is 14.7 Å². The number of carbonyl (C=O) groups excluding carboxylic acids is 1. The van der Waals surface area contributed by atoms with E-state index in [0.29, 0.717) is 5.56 Å². The van der Waals surface area contributed by atoms with Gasteiger partial charge in [0, 0.05) is 0 Å². The lowest BCUT2D eigenvalue weighted by Gasteiger charge is -2.29. The minimum absolute atomic E-state index is 0.570. The normalized spacial score (nSPS) is 15.9. The van der Waals surface area contributed by atoms with Crippen molar-refractivity contribution in [3.8, 4) is 0 Å². The molecule has 0 aromatic heterocycles. The third-order valence-corrected chi connectivity index (χ3v) is 2.71. The van der Waals surface area contributed by atoms with Gasteiger partial charge in [0.25, 0.3) is 0 Å². The Morgan fingerprint density at radius 3 is 2.29 bits per heavy atom. The van der Waals surface area contributed by atoms with E-state index in [4.69, 9.17) is 5.73 Å². The first-order chi connectivity index (χ1) is 7.88. The molecule has 0 heterocycles. The summed E-state index contributed by atoms with van der Waals surface area (Å²) in [7, 11) is 0. The number of nitrogens with two attached hydrogens (primary N) is 1. The standard InChI is InChI=1S/C12H16N2O3/c1-8(10(13)15)14-12(2,11(16)17)9-6-4-3-5-7-9/h3-8,14H,1-2H3,(H2,13,15)(H,16,17). The molecule has 0 fully saturated rings. The minimum Gasteiger partial charge on any atom is -0.480 e. The van der Waals surface area contributed by atoms with Crippen molar-refractivity contribution in [1.82, 2.24) is 5.32 Å². The highest BCUT2D eigenvalue weighted by Gasteiger charge is 2.37. The number of hydrogen-bond acceptors (Lipinski definition) is 3. The topological polar surface area (TPSA) is 92.4 Å². The quantitative estimate of drug-likeness (QED) is 0.692. The average Bonchev–Trinajstić information content (AvgIpc) is 2.29. The van der Waals surface area contributed by atoms with Gasteiger partial charge in [-0.1, -0.05) is 30.3 Å². The van der Waals surface area contributed by atoms with Gasteiger partial charge in [-0.15, -0.1) is 0 Å². The van der Waals surface area contributed by atoms with Crippen LogP contribution in [0, 0.1) is 0 Å². The Morgan fingerprint density at radius 2 is 1.88 bits per heavy atom. The smallest absolute Gasteiger partial charge is 0.328 e. The number of carbonyl (C=O) groups is 2. The molecule has 0 saturated carbocycles. The molecule has 0 aliphatic carbocycles. The first kappa shape index (κ1) is 13.2. The molecular weight excluding hydrogens is 220 g/mol. The van der Waals surface area contributed by atoms with Crippen LogP contribution >= 0.6 is 0 Å². The molecule has 2 unspecified atom stereocenters. The molecule has 0 aliphatic rings. The predicted molar refractivity (Wildman–Crippen MR) is 63.2 cm³/mol. The van der Waals surface area contributed by atoms with Gasteiger partial charge in [-0.25, -0.2) is 4.79 Å². The summed E-state index contributed by atoms with van der Waals surface area (Å²) in [6.07, 6.45) is 0. The number of nitrogens with one attached hydrogen (secondary N) is 1. The van der Waals surface area contributed by atoms with Crippen molar-refractivity contribution >= 4 is 11.9 Å². The predicted octanol–water partition coefficient (Wildman–Crippen LogP) is 0.450. The Bertz CT molecular complexity index is 419. The fourth-order valence-corrected chi connectivity index (χ4v) is 1.54. The molecule has 0 aliphatic heterocycles. The Balaban J connectivity index is 3.07. The van der Waals surface area contributed by atoms with Crippen LogP contribution in [0.5, 0.6) is 0 Å².